The molecule has 4 aromatic rings. The summed E-state index contributed by atoms with van der Waals surface area (Å²) < 4.78 is 23.2. The summed E-state index contributed by atoms with van der Waals surface area (Å²) >= 11 is 1.16. The Labute approximate surface area is 252 Å². The molecule has 0 saturated carbocycles. The Bertz CT molecular complexity index is 1800. The number of benzene rings is 1. The lowest BCUT2D eigenvalue weighted by Crippen LogP contribution is -2.56. The molecule has 0 aliphatic carbocycles. The van der Waals surface area contributed by atoms with E-state index in [1.807, 2.05) is 6.92 Å². The number of carbonyl (C=O) groups excluding carboxylic acids is 1. The number of nitriles is 1. The minimum Gasteiger partial charge on any atom is -0.370 e. The molecule has 11 nitrogen and oxygen atoms in total. The van der Waals surface area contributed by atoms with Crippen LogP contribution in [0.1, 0.15) is 64.3 Å². The molecule has 13 heteroatoms. The summed E-state index contributed by atoms with van der Waals surface area (Å²) in [5, 5.41) is 21.4. The zero-order valence-corrected chi connectivity index (χ0v) is 26.2. The van der Waals surface area contributed by atoms with E-state index >= 15 is 0 Å². The highest BCUT2D eigenvalue weighted by molar-refractivity contribution is 7.21. The lowest BCUT2D eigenvalue weighted by Gasteiger charge is -2.29. The summed E-state index contributed by atoms with van der Waals surface area (Å²) in [4.78, 5) is 43.5. The van der Waals surface area contributed by atoms with E-state index in [-0.39, 0.29) is 24.6 Å². The maximum absolute atomic E-state index is 14.6. The summed E-state index contributed by atoms with van der Waals surface area (Å²) in [5.41, 5.74) is -1.02. The molecular weight excluding hydrogens is 573 g/mol. The first-order valence-corrected chi connectivity index (χ1v) is 14.9. The van der Waals surface area contributed by atoms with Crippen LogP contribution >= 0.6 is 11.3 Å². The molecule has 1 amide bonds. The Kier molecular flexibility index (Phi) is 9.32. The topological polar surface area (TPSA) is 137 Å². The van der Waals surface area contributed by atoms with Gasteiger partial charge in [0.15, 0.2) is 0 Å². The van der Waals surface area contributed by atoms with Crippen molar-refractivity contribution in [2.45, 2.75) is 79.1 Å². The molecular formula is C30H36FN7O4S. The van der Waals surface area contributed by atoms with Gasteiger partial charge in [-0.3, -0.25) is 14.2 Å². The van der Waals surface area contributed by atoms with Crippen molar-refractivity contribution in [1.29, 1.82) is 5.26 Å². The zero-order valence-electron chi connectivity index (χ0n) is 25.3. The average Bonchev–Trinajstić information content (AvgIpc) is 3.60. The Hall–Kier alpha value is -4.15. The van der Waals surface area contributed by atoms with Crippen LogP contribution in [0.3, 0.4) is 0 Å². The van der Waals surface area contributed by atoms with Crippen LogP contribution in [0, 0.1) is 30.0 Å². The third-order valence-electron chi connectivity index (χ3n) is 7.27. The number of aromatic nitrogens is 5. The third-order valence-corrected chi connectivity index (χ3v) is 8.55. The van der Waals surface area contributed by atoms with Crippen LogP contribution in [0.5, 0.6) is 0 Å². The van der Waals surface area contributed by atoms with E-state index in [0.717, 1.165) is 21.5 Å². The molecule has 1 unspecified atom stereocenters. The van der Waals surface area contributed by atoms with E-state index < -0.39 is 40.5 Å². The number of aryl methyl sites for hydroxylation is 2. The Morgan fingerprint density at radius 1 is 1.21 bits per heavy atom. The fourth-order valence-corrected chi connectivity index (χ4v) is 6.15. The number of hydrogen-bond acceptors (Lipinski definition) is 8. The van der Waals surface area contributed by atoms with Crippen LogP contribution in [-0.4, -0.2) is 42.7 Å². The van der Waals surface area contributed by atoms with E-state index in [0.29, 0.717) is 27.4 Å². The van der Waals surface area contributed by atoms with E-state index in [9.17, 15) is 24.0 Å². The predicted octanol–water partition coefficient (Wildman–Crippen LogP) is 3.99. The number of halogens is 1. The van der Waals surface area contributed by atoms with Crippen molar-refractivity contribution in [2.75, 3.05) is 6.61 Å². The lowest BCUT2D eigenvalue weighted by atomic mass is 9.99. The highest BCUT2D eigenvalue weighted by Crippen LogP contribution is 2.33. The van der Waals surface area contributed by atoms with Gasteiger partial charge in [-0.15, -0.1) is 4.80 Å². The summed E-state index contributed by atoms with van der Waals surface area (Å²) in [6, 6.07) is 6.32. The molecule has 1 aromatic carbocycles. The number of nitrogens with zero attached hydrogens (tertiary/aromatic N) is 6. The minimum atomic E-state index is -1.56. The van der Waals surface area contributed by atoms with Crippen LogP contribution in [0.15, 0.2) is 40.2 Å². The van der Waals surface area contributed by atoms with Crippen molar-refractivity contribution in [3.05, 3.63) is 73.9 Å². The molecule has 3 aromatic heterocycles. The van der Waals surface area contributed by atoms with E-state index in [1.54, 1.807) is 33.8 Å². The quantitative estimate of drug-likeness (QED) is 0.272. The van der Waals surface area contributed by atoms with Crippen molar-refractivity contribution in [3.63, 3.8) is 0 Å². The van der Waals surface area contributed by atoms with E-state index in [2.05, 4.69) is 21.6 Å². The molecule has 0 fully saturated rings. The molecule has 0 spiro atoms. The number of rotatable bonds is 11. The number of carbonyl (C=O) groups is 1. The molecule has 0 radical (unpaired) electrons. The molecule has 228 valence electrons. The third kappa shape index (κ3) is 6.16. The molecule has 4 rings (SSSR count). The van der Waals surface area contributed by atoms with Crippen LogP contribution in [0.2, 0.25) is 0 Å². The number of fused-ring (bicyclic) bond motifs is 1. The zero-order chi connectivity index (χ0) is 31.6. The van der Waals surface area contributed by atoms with E-state index in [1.165, 1.54) is 47.7 Å². The summed E-state index contributed by atoms with van der Waals surface area (Å²) in [6.07, 6.45) is 2.73. The van der Waals surface area contributed by atoms with Crippen LogP contribution in [0.25, 0.3) is 15.2 Å². The fraction of sp³-hybridized carbons (Fsp3) is 0.467. The van der Waals surface area contributed by atoms with Crippen molar-refractivity contribution >= 4 is 27.5 Å². The maximum atomic E-state index is 14.6. The monoisotopic (exact) mass is 609 g/mol. The average molecular weight is 610 g/mol. The second kappa shape index (κ2) is 12.6. The Balaban J connectivity index is 2.03. The fourth-order valence-electron chi connectivity index (χ4n) is 4.93. The van der Waals surface area contributed by atoms with Gasteiger partial charge in [-0.05, 0) is 71.2 Å². The number of nitrogens with one attached hydrogen (secondary N) is 1. The Morgan fingerprint density at radius 3 is 2.49 bits per heavy atom. The number of hydrogen-bond donors (Lipinski definition) is 1. The first kappa shape index (κ1) is 31.8. The molecule has 0 bridgehead atoms. The Morgan fingerprint density at radius 2 is 1.88 bits per heavy atom. The molecule has 0 saturated heterocycles. The number of ether oxygens (including phenoxy) is 1. The van der Waals surface area contributed by atoms with E-state index in [4.69, 9.17) is 4.74 Å². The van der Waals surface area contributed by atoms with Gasteiger partial charge in [0.25, 0.3) is 5.56 Å². The van der Waals surface area contributed by atoms with Crippen molar-refractivity contribution < 1.29 is 13.9 Å². The minimum absolute atomic E-state index is 0.0343. The molecule has 0 aliphatic rings. The van der Waals surface area contributed by atoms with Crippen molar-refractivity contribution in [2.24, 2.45) is 5.92 Å². The molecule has 2 atom stereocenters. The summed E-state index contributed by atoms with van der Waals surface area (Å²) in [5.74, 6) is -1.43. The van der Waals surface area contributed by atoms with Crippen LogP contribution in [0.4, 0.5) is 4.39 Å². The van der Waals surface area contributed by atoms with Crippen LogP contribution < -0.4 is 16.6 Å². The standard InChI is InChI=1S/C30H36FN7O4S/c1-8-20-9-10-21(31)13-22(20)23(42-16-18(4)14-32)15-36-27-24(19(5)26(43-27)38-33-11-12-34-38)25(39)37(29(36)41)30(6,7)28(40)35-17(2)3/h9-13,17-18,23H,8,15-16H2,1-7H3,(H,35,40)/t18?,23-/m1/s1. The smallest absolute Gasteiger partial charge is 0.333 e. The highest BCUT2D eigenvalue weighted by atomic mass is 32.1. The summed E-state index contributed by atoms with van der Waals surface area (Å²) in [7, 11) is 0. The van der Waals surface area contributed by atoms with Gasteiger partial charge in [0.2, 0.25) is 5.91 Å². The summed E-state index contributed by atoms with van der Waals surface area (Å²) in [6.45, 7) is 11.9. The molecule has 0 aliphatic heterocycles. The predicted molar refractivity (Wildman–Crippen MR) is 162 cm³/mol. The van der Waals surface area contributed by atoms with Crippen LogP contribution in [-0.2, 0) is 28.0 Å². The van der Waals surface area contributed by atoms with Gasteiger partial charge in [-0.2, -0.15) is 15.5 Å². The molecule has 3 heterocycles. The van der Waals surface area contributed by atoms with Gasteiger partial charge >= 0.3 is 5.69 Å². The highest BCUT2D eigenvalue weighted by Gasteiger charge is 2.36. The maximum Gasteiger partial charge on any atom is 0.333 e. The largest absolute Gasteiger partial charge is 0.370 e. The van der Waals surface area contributed by atoms with Gasteiger partial charge in [0.05, 0.1) is 42.9 Å². The second-order valence-electron chi connectivity index (χ2n) is 11.3. The SMILES string of the molecule is CCc1ccc(F)cc1[C@@H](Cn1c(=O)n(C(C)(C)C(=O)NC(C)C)c(=O)c2c(C)c(-n3nccn3)sc21)OCC(C)C#N. The first-order valence-electron chi connectivity index (χ1n) is 14.1. The van der Waals surface area contributed by atoms with Crippen molar-refractivity contribution in [1.82, 2.24) is 29.4 Å². The van der Waals surface area contributed by atoms with Gasteiger partial charge in [-0.25, -0.2) is 13.8 Å². The normalized spacial score (nSPS) is 13.3. The van der Waals surface area contributed by atoms with Gasteiger partial charge in [-0.1, -0.05) is 24.3 Å². The molecule has 43 heavy (non-hydrogen) atoms. The molecule has 1 N–H and O–H groups in total. The first-order chi connectivity index (χ1) is 20.3. The number of thiophene rings is 1. The lowest BCUT2D eigenvalue weighted by molar-refractivity contribution is -0.129. The van der Waals surface area contributed by atoms with Crippen molar-refractivity contribution in [3.8, 4) is 11.1 Å². The number of amides is 1. The van der Waals surface area contributed by atoms with Gasteiger partial charge in [0, 0.05) is 11.6 Å². The van der Waals surface area contributed by atoms with Gasteiger partial charge in [0.1, 0.15) is 27.3 Å². The second-order valence-corrected chi connectivity index (χ2v) is 12.3. The van der Waals surface area contributed by atoms with Gasteiger partial charge < -0.3 is 10.1 Å².